The molecule has 0 saturated heterocycles. The summed E-state index contributed by atoms with van der Waals surface area (Å²) in [5.74, 6) is 0. The number of nitrogens with one attached hydrogen (secondary N) is 1. The Balaban J connectivity index is 2.51. The minimum atomic E-state index is -0.783. The fourth-order valence-electron chi connectivity index (χ4n) is 1.96. The van der Waals surface area contributed by atoms with Gasteiger partial charge in [0.05, 0.1) is 0 Å². The van der Waals surface area contributed by atoms with E-state index in [1.807, 2.05) is 12.3 Å². The lowest BCUT2D eigenvalue weighted by molar-refractivity contribution is 0.183. The van der Waals surface area contributed by atoms with Crippen molar-refractivity contribution < 1.29 is 5.11 Å². The molecular weight excluding hydrogens is 188 g/mol. The molecule has 0 aliphatic heterocycles. The summed E-state index contributed by atoms with van der Waals surface area (Å²) in [5.41, 5.74) is 8.93. The van der Waals surface area contributed by atoms with Gasteiger partial charge in [0.1, 0.15) is 6.23 Å². The summed E-state index contributed by atoms with van der Waals surface area (Å²) in [5, 5.41) is 10.3. The molecule has 0 radical (unpaired) electrons. The van der Waals surface area contributed by atoms with E-state index in [0.717, 1.165) is 17.5 Å². The van der Waals surface area contributed by atoms with Gasteiger partial charge in [0.15, 0.2) is 0 Å². The fourth-order valence-corrected chi connectivity index (χ4v) is 1.96. The maximum absolute atomic E-state index is 9.17. The molecule has 4 N–H and O–H groups in total. The fraction of sp³-hybridized carbons (Fsp3) is 0.333. The number of aliphatic hydroxyl groups is 1. The van der Waals surface area contributed by atoms with Crippen molar-refractivity contribution in [3.63, 3.8) is 0 Å². The second kappa shape index (κ2) is 4.04. The molecule has 3 nitrogen and oxygen atoms in total. The van der Waals surface area contributed by atoms with Gasteiger partial charge in [-0.05, 0) is 17.5 Å². The molecule has 1 aromatic heterocycles. The largest absolute Gasteiger partial charge is 0.378 e. The highest BCUT2D eigenvalue weighted by Gasteiger charge is 2.08. The van der Waals surface area contributed by atoms with Crippen LogP contribution in [0.15, 0.2) is 24.4 Å². The SMILES string of the molecule is CCc1cccc2c(CC(N)O)c[nH]c12. The molecule has 80 valence electrons. The van der Waals surface area contributed by atoms with Crippen molar-refractivity contribution in [2.24, 2.45) is 5.73 Å². The lowest BCUT2D eigenvalue weighted by atomic mass is 10.1. The number of fused-ring (bicyclic) bond motifs is 1. The molecule has 2 rings (SSSR count). The third kappa shape index (κ3) is 1.89. The molecule has 0 fully saturated rings. The van der Waals surface area contributed by atoms with Gasteiger partial charge in [0.25, 0.3) is 0 Å². The van der Waals surface area contributed by atoms with Crippen molar-refractivity contribution in [3.8, 4) is 0 Å². The highest BCUT2D eigenvalue weighted by Crippen LogP contribution is 2.22. The standard InChI is InChI=1S/C12H16N2O/c1-2-8-4-3-5-10-9(6-11(13)15)7-14-12(8)10/h3-5,7,11,14-15H,2,6,13H2,1H3. The Morgan fingerprint density at radius 1 is 1.40 bits per heavy atom. The minimum absolute atomic E-state index is 0.493. The molecule has 1 unspecified atom stereocenters. The first-order chi connectivity index (χ1) is 7.22. The number of hydrogen-bond donors (Lipinski definition) is 3. The van der Waals surface area contributed by atoms with Crippen molar-refractivity contribution in [2.45, 2.75) is 26.0 Å². The predicted octanol–water partition coefficient (Wildman–Crippen LogP) is 1.55. The van der Waals surface area contributed by atoms with Gasteiger partial charge < -0.3 is 15.8 Å². The maximum Gasteiger partial charge on any atom is 0.106 e. The number of aromatic amines is 1. The van der Waals surface area contributed by atoms with Crippen molar-refractivity contribution in [3.05, 3.63) is 35.5 Å². The van der Waals surface area contributed by atoms with Crippen LogP contribution in [0.25, 0.3) is 10.9 Å². The first-order valence-corrected chi connectivity index (χ1v) is 5.24. The summed E-state index contributed by atoms with van der Waals surface area (Å²) in [6.45, 7) is 2.13. The molecule has 0 aliphatic rings. The third-order valence-corrected chi connectivity index (χ3v) is 2.70. The number of aryl methyl sites for hydroxylation is 1. The Morgan fingerprint density at radius 2 is 2.20 bits per heavy atom. The second-order valence-electron chi connectivity index (χ2n) is 3.78. The summed E-state index contributed by atoms with van der Waals surface area (Å²) in [6, 6.07) is 6.21. The molecular formula is C12H16N2O. The van der Waals surface area contributed by atoms with Crippen LogP contribution in [-0.2, 0) is 12.8 Å². The van der Waals surface area contributed by atoms with E-state index in [1.165, 1.54) is 10.9 Å². The monoisotopic (exact) mass is 204 g/mol. The first kappa shape index (κ1) is 10.2. The van der Waals surface area contributed by atoms with Gasteiger partial charge in [-0.25, -0.2) is 0 Å². The zero-order valence-corrected chi connectivity index (χ0v) is 8.83. The maximum atomic E-state index is 9.17. The molecule has 0 spiro atoms. The Bertz CT molecular complexity index is 460. The molecule has 0 bridgehead atoms. The van der Waals surface area contributed by atoms with E-state index in [4.69, 9.17) is 5.73 Å². The van der Waals surface area contributed by atoms with Crippen LogP contribution in [0.4, 0.5) is 0 Å². The van der Waals surface area contributed by atoms with E-state index in [2.05, 4.69) is 24.0 Å². The zero-order valence-electron chi connectivity index (χ0n) is 8.83. The van der Waals surface area contributed by atoms with Crippen molar-refractivity contribution in [2.75, 3.05) is 0 Å². The Hall–Kier alpha value is -1.32. The van der Waals surface area contributed by atoms with Gasteiger partial charge >= 0.3 is 0 Å². The highest BCUT2D eigenvalue weighted by atomic mass is 16.3. The van der Waals surface area contributed by atoms with Crippen molar-refractivity contribution in [1.82, 2.24) is 4.98 Å². The number of hydrogen-bond acceptors (Lipinski definition) is 2. The average molecular weight is 204 g/mol. The molecule has 0 amide bonds. The molecule has 3 heteroatoms. The van der Waals surface area contributed by atoms with E-state index >= 15 is 0 Å². The molecule has 0 saturated carbocycles. The van der Waals surface area contributed by atoms with E-state index in [1.54, 1.807) is 0 Å². The van der Waals surface area contributed by atoms with Gasteiger partial charge in [-0.3, -0.25) is 0 Å². The number of para-hydroxylation sites is 1. The molecule has 1 aromatic carbocycles. The van der Waals surface area contributed by atoms with Crippen molar-refractivity contribution in [1.29, 1.82) is 0 Å². The van der Waals surface area contributed by atoms with Crippen molar-refractivity contribution >= 4 is 10.9 Å². The Morgan fingerprint density at radius 3 is 2.87 bits per heavy atom. The number of rotatable bonds is 3. The van der Waals surface area contributed by atoms with E-state index in [-0.39, 0.29) is 0 Å². The number of benzene rings is 1. The van der Waals surface area contributed by atoms with Gasteiger partial charge in [0, 0.05) is 23.5 Å². The smallest absolute Gasteiger partial charge is 0.106 e. The topological polar surface area (TPSA) is 62.0 Å². The molecule has 0 aliphatic carbocycles. The molecule has 15 heavy (non-hydrogen) atoms. The molecule has 1 heterocycles. The van der Waals surface area contributed by atoms with Gasteiger partial charge in [0.2, 0.25) is 0 Å². The van der Waals surface area contributed by atoms with E-state index in [9.17, 15) is 5.11 Å². The van der Waals surface area contributed by atoms with Gasteiger partial charge in [-0.1, -0.05) is 25.1 Å². The minimum Gasteiger partial charge on any atom is -0.378 e. The van der Waals surface area contributed by atoms with E-state index < -0.39 is 6.23 Å². The lowest BCUT2D eigenvalue weighted by Crippen LogP contribution is -2.21. The first-order valence-electron chi connectivity index (χ1n) is 5.24. The molecule has 1 atom stereocenters. The predicted molar refractivity (Wildman–Crippen MR) is 61.6 cm³/mol. The summed E-state index contributed by atoms with van der Waals surface area (Å²) in [7, 11) is 0. The summed E-state index contributed by atoms with van der Waals surface area (Å²) in [6.07, 6.45) is 2.64. The van der Waals surface area contributed by atoms with Crippen LogP contribution in [0.3, 0.4) is 0 Å². The zero-order chi connectivity index (χ0) is 10.8. The van der Waals surface area contributed by atoms with Crippen LogP contribution in [0, 0.1) is 0 Å². The second-order valence-corrected chi connectivity index (χ2v) is 3.78. The van der Waals surface area contributed by atoms with E-state index in [0.29, 0.717) is 6.42 Å². The average Bonchev–Trinajstić information content (AvgIpc) is 2.61. The molecule has 2 aromatic rings. The third-order valence-electron chi connectivity index (χ3n) is 2.70. The number of aromatic nitrogens is 1. The quantitative estimate of drug-likeness (QED) is 0.664. The van der Waals surface area contributed by atoms with Crippen LogP contribution in [0.1, 0.15) is 18.1 Å². The number of nitrogens with two attached hydrogens (primary N) is 1. The lowest BCUT2D eigenvalue weighted by Gasteiger charge is -2.03. The Labute approximate surface area is 88.9 Å². The van der Waals surface area contributed by atoms with Crippen LogP contribution in [-0.4, -0.2) is 16.3 Å². The van der Waals surface area contributed by atoms with Gasteiger partial charge in [-0.15, -0.1) is 0 Å². The van der Waals surface area contributed by atoms with Crippen LogP contribution in [0.2, 0.25) is 0 Å². The summed E-state index contributed by atoms with van der Waals surface area (Å²) in [4.78, 5) is 3.25. The summed E-state index contributed by atoms with van der Waals surface area (Å²) < 4.78 is 0. The van der Waals surface area contributed by atoms with Crippen LogP contribution >= 0.6 is 0 Å². The Kier molecular flexibility index (Phi) is 2.75. The van der Waals surface area contributed by atoms with Crippen LogP contribution < -0.4 is 5.73 Å². The number of aliphatic hydroxyl groups excluding tert-OH is 1. The number of H-pyrrole nitrogens is 1. The normalized spacial score (nSPS) is 13.3. The highest BCUT2D eigenvalue weighted by molar-refractivity contribution is 5.86. The van der Waals surface area contributed by atoms with Crippen LogP contribution in [0.5, 0.6) is 0 Å². The summed E-state index contributed by atoms with van der Waals surface area (Å²) >= 11 is 0. The van der Waals surface area contributed by atoms with Gasteiger partial charge in [-0.2, -0.15) is 0 Å².